The summed E-state index contributed by atoms with van der Waals surface area (Å²) in [6.45, 7) is 10.3. The zero-order chi connectivity index (χ0) is 34.4. The summed E-state index contributed by atoms with van der Waals surface area (Å²) in [6, 6.07) is 11.7. The maximum Gasteiger partial charge on any atom is 0.315 e. The summed E-state index contributed by atoms with van der Waals surface area (Å²) in [5.74, 6) is -2.32. The lowest BCUT2D eigenvalue weighted by molar-refractivity contribution is -0.0815. The molecule has 0 spiro atoms. The molecule has 0 saturated carbocycles. The van der Waals surface area contributed by atoms with E-state index in [0.717, 1.165) is 41.7 Å². The van der Waals surface area contributed by atoms with Crippen LogP contribution in [0.25, 0.3) is 22.5 Å². The highest BCUT2D eigenvalue weighted by molar-refractivity contribution is 6.28. The molecule has 1 aromatic heterocycles. The van der Waals surface area contributed by atoms with Gasteiger partial charge in [0, 0.05) is 36.7 Å². The Hall–Kier alpha value is -2.91. The van der Waals surface area contributed by atoms with Crippen LogP contribution in [0.4, 0.5) is 13.2 Å². The molecule has 0 saturated heterocycles. The first-order valence-electron chi connectivity index (χ1n) is 18.3. The number of unbranched alkanes of at least 4 members (excludes halogenated alkanes) is 5. The molecule has 0 aliphatic carbocycles. The van der Waals surface area contributed by atoms with Crippen molar-refractivity contribution >= 4 is 9.76 Å². The van der Waals surface area contributed by atoms with Gasteiger partial charge in [-0.1, -0.05) is 90.8 Å². The van der Waals surface area contributed by atoms with Crippen LogP contribution >= 0.6 is 0 Å². The summed E-state index contributed by atoms with van der Waals surface area (Å²) in [5.41, 5.74) is 0.799. The number of hydrogen-bond acceptors (Lipinski definition) is 5. The van der Waals surface area contributed by atoms with E-state index in [9.17, 15) is 0 Å². The van der Waals surface area contributed by atoms with Gasteiger partial charge < -0.3 is 13.9 Å². The summed E-state index contributed by atoms with van der Waals surface area (Å²) >= 11 is 0. The second-order valence-corrected chi connectivity index (χ2v) is 15.0. The number of benzene rings is 2. The smallest absolute Gasteiger partial charge is 0.315 e. The van der Waals surface area contributed by atoms with Crippen molar-refractivity contribution in [3.8, 4) is 34.0 Å². The minimum Gasteiger partial charge on any atom is -0.549 e. The summed E-state index contributed by atoms with van der Waals surface area (Å²) in [7, 11) is -0.775. The second-order valence-electron chi connectivity index (χ2n) is 13.6. The molecule has 264 valence electrons. The molecule has 5 nitrogen and oxygen atoms in total. The van der Waals surface area contributed by atoms with Gasteiger partial charge in [-0.05, 0) is 68.2 Å². The van der Waals surface area contributed by atoms with Crippen LogP contribution in [-0.4, -0.2) is 39.0 Å². The number of rotatable bonds is 22. The number of para-hydroxylation sites is 1. The van der Waals surface area contributed by atoms with Crippen LogP contribution in [0.1, 0.15) is 110 Å². The molecule has 0 N–H and O–H groups in total. The lowest BCUT2D eigenvalue weighted by atomic mass is 9.92. The average Bonchev–Trinajstić information content (AvgIpc) is 3.35. The molecule has 1 aliphatic heterocycles. The molecular weight excluding hydrogens is 630 g/mol. The summed E-state index contributed by atoms with van der Waals surface area (Å²) in [6.07, 6.45) is 13.9. The van der Waals surface area contributed by atoms with E-state index in [1.54, 1.807) is 12.4 Å². The summed E-state index contributed by atoms with van der Waals surface area (Å²) in [5, 5.41) is 0. The SMILES string of the molecule is CCCCCCOCCCCC1Oc2ccc(-c3ncc(-c4ccccc4O[SiH2]CCC(C)CC(C)CCCC)cn3)c(F)c2C1(F)F. The third-order valence-electron chi connectivity index (χ3n) is 9.30. The van der Waals surface area contributed by atoms with E-state index in [-0.39, 0.29) is 23.6 Å². The molecule has 0 amide bonds. The largest absolute Gasteiger partial charge is 0.549 e. The van der Waals surface area contributed by atoms with Gasteiger partial charge in [0.2, 0.25) is 9.76 Å². The molecule has 0 fully saturated rings. The van der Waals surface area contributed by atoms with Crippen LogP contribution in [0, 0.1) is 17.7 Å². The molecular formula is C39H55F3N2O3Si. The van der Waals surface area contributed by atoms with Gasteiger partial charge in [0.05, 0.1) is 5.56 Å². The van der Waals surface area contributed by atoms with Gasteiger partial charge >= 0.3 is 5.92 Å². The zero-order valence-corrected chi connectivity index (χ0v) is 30.8. The number of fused-ring (bicyclic) bond motifs is 1. The van der Waals surface area contributed by atoms with Crippen LogP contribution in [0.5, 0.6) is 11.5 Å². The van der Waals surface area contributed by atoms with Crippen molar-refractivity contribution in [1.29, 1.82) is 0 Å². The lowest BCUT2D eigenvalue weighted by Gasteiger charge is -2.18. The molecule has 3 unspecified atom stereocenters. The third-order valence-corrected chi connectivity index (χ3v) is 10.5. The number of alkyl halides is 2. The van der Waals surface area contributed by atoms with Crippen LogP contribution in [0.3, 0.4) is 0 Å². The maximum atomic E-state index is 15.7. The maximum absolute atomic E-state index is 15.7. The van der Waals surface area contributed by atoms with E-state index in [4.69, 9.17) is 13.9 Å². The number of halogens is 3. The van der Waals surface area contributed by atoms with Crippen molar-refractivity contribution in [3.05, 3.63) is 60.2 Å². The standard InChI is InChI=1S/C39H55F3N2O3Si/c1-5-7-9-13-22-45-23-14-12-18-35-39(41,42)36-34(46-35)20-19-32(37(36)40)38-43-26-30(27-44-38)31-16-10-11-17-33(31)47-48-24-21-29(4)25-28(3)15-8-6-2/h10-11,16-17,19-20,26-29,35H,5-9,12-15,18,21-25,48H2,1-4H3. The number of nitrogens with zero attached hydrogens (tertiary/aromatic N) is 2. The van der Waals surface area contributed by atoms with E-state index >= 15 is 13.2 Å². The monoisotopic (exact) mass is 684 g/mol. The van der Waals surface area contributed by atoms with Crippen molar-refractivity contribution < 1.29 is 27.1 Å². The number of hydrogen-bond donors (Lipinski definition) is 0. The molecule has 3 atom stereocenters. The predicted molar refractivity (Wildman–Crippen MR) is 191 cm³/mol. The first-order valence-corrected chi connectivity index (χ1v) is 19.8. The fourth-order valence-corrected chi connectivity index (χ4v) is 8.04. The van der Waals surface area contributed by atoms with Gasteiger partial charge in [0.15, 0.2) is 11.9 Å². The Morgan fingerprint density at radius 3 is 2.31 bits per heavy atom. The fourth-order valence-electron chi connectivity index (χ4n) is 6.56. The first-order chi connectivity index (χ1) is 23.3. The minimum atomic E-state index is -3.46. The van der Waals surface area contributed by atoms with Gasteiger partial charge in [-0.3, -0.25) is 0 Å². The Labute approximate surface area is 288 Å². The normalized spacial score (nSPS) is 16.6. The van der Waals surface area contributed by atoms with Crippen LogP contribution in [-0.2, 0) is 10.7 Å². The van der Waals surface area contributed by atoms with Crippen LogP contribution in [0.15, 0.2) is 48.8 Å². The summed E-state index contributed by atoms with van der Waals surface area (Å²) < 4.78 is 64.1. The molecule has 0 bridgehead atoms. The minimum absolute atomic E-state index is 0.0457. The molecule has 0 radical (unpaired) electrons. The molecule has 2 heterocycles. The predicted octanol–water partition coefficient (Wildman–Crippen LogP) is 10.7. The van der Waals surface area contributed by atoms with Gasteiger partial charge in [-0.15, -0.1) is 0 Å². The van der Waals surface area contributed by atoms with E-state index in [2.05, 4.69) is 37.7 Å². The second kappa shape index (κ2) is 19.3. The van der Waals surface area contributed by atoms with Gasteiger partial charge in [0.25, 0.3) is 0 Å². The Morgan fingerprint density at radius 2 is 1.56 bits per heavy atom. The van der Waals surface area contributed by atoms with E-state index in [1.807, 2.05) is 24.3 Å². The zero-order valence-electron chi connectivity index (χ0n) is 29.4. The molecule has 2 aromatic carbocycles. The van der Waals surface area contributed by atoms with Crippen molar-refractivity contribution in [2.24, 2.45) is 11.8 Å². The van der Waals surface area contributed by atoms with Crippen LogP contribution in [0.2, 0.25) is 6.04 Å². The average molecular weight is 685 g/mol. The quantitative estimate of drug-likeness (QED) is 0.0779. The molecule has 1 aliphatic rings. The van der Waals surface area contributed by atoms with Crippen molar-refractivity contribution in [1.82, 2.24) is 9.97 Å². The third kappa shape index (κ3) is 10.5. The molecule has 4 rings (SSSR count). The van der Waals surface area contributed by atoms with Crippen molar-refractivity contribution in [2.45, 2.75) is 123 Å². The van der Waals surface area contributed by atoms with Crippen LogP contribution < -0.4 is 9.16 Å². The first kappa shape index (κ1) is 37.9. The molecule has 9 heteroatoms. The highest BCUT2D eigenvalue weighted by atomic mass is 28.2. The highest BCUT2D eigenvalue weighted by Gasteiger charge is 2.53. The summed E-state index contributed by atoms with van der Waals surface area (Å²) in [4.78, 5) is 8.79. The highest BCUT2D eigenvalue weighted by Crippen LogP contribution is 2.50. The Kier molecular flexibility index (Phi) is 15.3. The topological polar surface area (TPSA) is 53.5 Å². The van der Waals surface area contributed by atoms with Gasteiger partial charge in [0.1, 0.15) is 22.9 Å². The van der Waals surface area contributed by atoms with Gasteiger partial charge in [-0.25, -0.2) is 14.4 Å². The van der Waals surface area contributed by atoms with E-state index in [0.29, 0.717) is 32.0 Å². The Balaban J connectivity index is 1.32. The van der Waals surface area contributed by atoms with Crippen molar-refractivity contribution in [3.63, 3.8) is 0 Å². The fraction of sp³-hybridized carbons (Fsp3) is 0.590. The lowest BCUT2D eigenvalue weighted by Crippen LogP contribution is -2.30. The number of ether oxygens (including phenoxy) is 2. The van der Waals surface area contributed by atoms with Gasteiger partial charge in [-0.2, -0.15) is 8.78 Å². The Bertz CT molecular complexity index is 1390. The molecule has 48 heavy (non-hydrogen) atoms. The van der Waals surface area contributed by atoms with Crippen molar-refractivity contribution in [2.75, 3.05) is 13.2 Å². The van der Waals surface area contributed by atoms with E-state index < -0.39 is 33.2 Å². The number of aromatic nitrogens is 2. The van der Waals surface area contributed by atoms with E-state index in [1.165, 1.54) is 57.1 Å². The Morgan fingerprint density at radius 1 is 0.854 bits per heavy atom. The molecule has 3 aromatic rings.